The van der Waals surface area contributed by atoms with Crippen molar-refractivity contribution in [2.24, 2.45) is 0 Å². The largest absolute Gasteiger partial charge is 0.478 e. The van der Waals surface area contributed by atoms with Gasteiger partial charge in [0.1, 0.15) is 17.1 Å². The Hall–Kier alpha value is -1.69. The predicted molar refractivity (Wildman–Crippen MR) is 77.3 cm³/mol. The molecule has 6 heteroatoms. The monoisotopic (exact) mass is 340 g/mol. The maximum Gasteiger partial charge on any atom is 0.339 e. The van der Waals surface area contributed by atoms with E-state index in [4.69, 9.17) is 0 Å². The van der Waals surface area contributed by atoms with Crippen LogP contribution in [0, 0.1) is 5.82 Å². The average Bonchev–Trinajstić information content (AvgIpc) is 2.73. The van der Waals surface area contributed by atoms with Crippen LogP contribution < -0.4 is 0 Å². The smallest absolute Gasteiger partial charge is 0.339 e. The summed E-state index contributed by atoms with van der Waals surface area (Å²) in [5, 5.41) is 13.7. The topological polar surface area (TPSA) is 55.1 Å². The van der Waals surface area contributed by atoms with Crippen molar-refractivity contribution in [1.29, 1.82) is 0 Å². The third kappa shape index (κ3) is 2.75. The van der Waals surface area contributed by atoms with Gasteiger partial charge in [0.15, 0.2) is 0 Å². The quantitative estimate of drug-likeness (QED) is 0.901. The first-order chi connectivity index (χ1) is 9.20. The Morgan fingerprint density at radius 2 is 2.05 bits per heavy atom. The van der Waals surface area contributed by atoms with E-state index in [0.717, 1.165) is 0 Å². The Balaban J connectivity index is 2.66. The summed E-state index contributed by atoms with van der Waals surface area (Å²) < 4.78 is 15.2. The lowest BCUT2D eigenvalue weighted by molar-refractivity contribution is 0.0697. The number of nitrogens with zero attached hydrogens (tertiary/aromatic N) is 2. The molecule has 0 aliphatic heterocycles. The van der Waals surface area contributed by atoms with Gasteiger partial charge in [-0.2, -0.15) is 5.10 Å². The number of rotatable bonds is 2. The maximum absolute atomic E-state index is 13.1. The number of carbonyl (C=O) groups is 1. The number of hydrogen-bond donors (Lipinski definition) is 1. The fourth-order valence-electron chi connectivity index (χ4n) is 1.75. The normalized spacial score (nSPS) is 11.7. The Bertz CT molecular complexity index is 674. The number of halogens is 2. The molecule has 0 atom stereocenters. The van der Waals surface area contributed by atoms with Crippen molar-refractivity contribution in [3.8, 4) is 11.3 Å². The first-order valence-electron chi connectivity index (χ1n) is 5.99. The van der Waals surface area contributed by atoms with Crippen molar-refractivity contribution >= 4 is 21.9 Å². The molecule has 0 aliphatic rings. The maximum atomic E-state index is 13.1. The third-order valence-electron chi connectivity index (χ3n) is 2.82. The van der Waals surface area contributed by atoms with E-state index in [1.807, 2.05) is 20.8 Å². The lowest BCUT2D eigenvalue weighted by Gasteiger charge is -2.18. The van der Waals surface area contributed by atoms with E-state index in [9.17, 15) is 14.3 Å². The van der Waals surface area contributed by atoms with E-state index in [0.29, 0.717) is 15.7 Å². The summed E-state index contributed by atoms with van der Waals surface area (Å²) in [7, 11) is 0. The molecule has 0 saturated carbocycles. The molecule has 0 spiro atoms. The average molecular weight is 341 g/mol. The van der Waals surface area contributed by atoms with Crippen LogP contribution in [0.4, 0.5) is 4.39 Å². The Kier molecular flexibility index (Phi) is 3.69. The molecule has 1 aromatic carbocycles. The first-order valence-corrected chi connectivity index (χ1v) is 6.78. The zero-order valence-electron chi connectivity index (χ0n) is 11.3. The molecular formula is C14H14BrFN2O2. The van der Waals surface area contributed by atoms with Gasteiger partial charge in [-0.3, -0.25) is 4.68 Å². The second kappa shape index (κ2) is 5.01. The molecule has 0 amide bonds. The van der Waals surface area contributed by atoms with Crippen LogP contribution in [0.1, 0.15) is 31.1 Å². The Morgan fingerprint density at radius 1 is 1.40 bits per heavy atom. The SMILES string of the molecule is CC(C)(C)n1cc(C(=O)O)c(-c2ccc(F)cc2Br)n1. The fourth-order valence-corrected chi connectivity index (χ4v) is 2.29. The highest BCUT2D eigenvalue weighted by molar-refractivity contribution is 9.10. The van der Waals surface area contributed by atoms with Gasteiger partial charge in [0.2, 0.25) is 0 Å². The molecule has 1 heterocycles. The van der Waals surface area contributed by atoms with E-state index in [2.05, 4.69) is 21.0 Å². The van der Waals surface area contributed by atoms with E-state index in [1.54, 1.807) is 4.68 Å². The highest BCUT2D eigenvalue weighted by Gasteiger charge is 2.23. The molecule has 106 valence electrons. The molecular weight excluding hydrogens is 327 g/mol. The molecule has 20 heavy (non-hydrogen) atoms. The van der Waals surface area contributed by atoms with Crippen molar-refractivity contribution < 1.29 is 14.3 Å². The number of aromatic carboxylic acids is 1. The zero-order chi connectivity index (χ0) is 15.1. The van der Waals surface area contributed by atoms with Gasteiger partial charge in [0.25, 0.3) is 0 Å². The third-order valence-corrected chi connectivity index (χ3v) is 3.47. The van der Waals surface area contributed by atoms with Crippen LogP contribution >= 0.6 is 15.9 Å². The van der Waals surface area contributed by atoms with Crippen molar-refractivity contribution in [2.75, 3.05) is 0 Å². The van der Waals surface area contributed by atoms with Crippen LogP contribution in [-0.4, -0.2) is 20.9 Å². The molecule has 1 aromatic heterocycles. The van der Waals surface area contributed by atoms with Gasteiger partial charge < -0.3 is 5.11 Å². The number of benzene rings is 1. The summed E-state index contributed by atoms with van der Waals surface area (Å²) in [4.78, 5) is 11.4. The summed E-state index contributed by atoms with van der Waals surface area (Å²) in [5.41, 5.74) is 0.618. The van der Waals surface area contributed by atoms with Crippen LogP contribution in [0.5, 0.6) is 0 Å². The number of carboxylic acids is 1. The van der Waals surface area contributed by atoms with Crippen molar-refractivity contribution in [3.63, 3.8) is 0 Å². The standard InChI is InChI=1S/C14H14BrFN2O2/c1-14(2,3)18-7-10(13(19)20)12(17-18)9-5-4-8(16)6-11(9)15/h4-7H,1-3H3,(H,19,20). The summed E-state index contributed by atoms with van der Waals surface area (Å²) in [6.45, 7) is 5.78. The van der Waals surface area contributed by atoms with Gasteiger partial charge >= 0.3 is 5.97 Å². The molecule has 0 aliphatic carbocycles. The van der Waals surface area contributed by atoms with Gasteiger partial charge in [0, 0.05) is 16.2 Å². The molecule has 1 N–H and O–H groups in total. The highest BCUT2D eigenvalue weighted by Crippen LogP contribution is 2.31. The van der Waals surface area contributed by atoms with Crippen LogP contribution in [-0.2, 0) is 5.54 Å². The van der Waals surface area contributed by atoms with Crippen LogP contribution in [0.25, 0.3) is 11.3 Å². The van der Waals surface area contributed by atoms with E-state index < -0.39 is 11.8 Å². The number of hydrogen-bond acceptors (Lipinski definition) is 2. The van der Waals surface area contributed by atoms with E-state index >= 15 is 0 Å². The highest BCUT2D eigenvalue weighted by atomic mass is 79.9. The number of aromatic nitrogens is 2. The lowest BCUT2D eigenvalue weighted by atomic mass is 10.1. The van der Waals surface area contributed by atoms with Gasteiger partial charge in [0.05, 0.1) is 5.54 Å². The molecule has 0 saturated heterocycles. The molecule has 0 fully saturated rings. The molecule has 0 unspecified atom stereocenters. The lowest BCUT2D eigenvalue weighted by Crippen LogP contribution is -2.22. The van der Waals surface area contributed by atoms with Crippen LogP contribution in [0.2, 0.25) is 0 Å². The molecule has 0 bridgehead atoms. The minimum Gasteiger partial charge on any atom is -0.478 e. The van der Waals surface area contributed by atoms with Gasteiger partial charge in [-0.1, -0.05) is 0 Å². The van der Waals surface area contributed by atoms with E-state index in [-0.39, 0.29) is 11.1 Å². The van der Waals surface area contributed by atoms with Crippen molar-refractivity contribution in [1.82, 2.24) is 9.78 Å². The predicted octanol–water partition coefficient (Wildman–Crippen LogP) is 3.90. The molecule has 4 nitrogen and oxygen atoms in total. The molecule has 0 radical (unpaired) electrons. The van der Waals surface area contributed by atoms with Crippen LogP contribution in [0.15, 0.2) is 28.9 Å². The summed E-state index contributed by atoms with van der Waals surface area (Å²) in [6.07, 6.45) is 1.49. The minimum atomic E-state index is -1.06. The Labute approximate surface area is 124 Å². The van der Waals surface area contributed by atoms with Gasteiger partial charge in [-0.05, 0) is 54.9 Å². The van der Waals surface area contributed by atoms with Crippen molar-refractivity contribution in [2.45, 2.75) is 26.3 Å². The zero-order valence-corrected chi connectivity index (χ0v) is 12.9. The summed E-state index contributed by atoms with van der Waals surface area (Å²) >= 11 is 3.24. The van der Waals surface area contributed by atoms with Gasteiger partial charge in [-0.15, -0.1) is 0 Å². The van der Waals surface area contributed by atoms with Crippen molar-refractivity contribution in [3.05, 3.63) is 40.2 Å². The van der Waals surface area contributed by atoms with Gasteiger partial charge in [-0.25, -0.2) is 9.18 Å². The molecule has 2 rings (SSSR count). The van der Waals surface area contributed by atoms with E-state index in [1.165, 1.54) is 24.4 Å². The summed E-state index contributed by atoms with van der Waals surface area (Å²) in [5.74, 6) is -1.46. The van der Waals surface area contributed by atoms with Crippen LogP contribution in [0.3, 0.4) is 0 Å². The molecule has 2 aromatic rings. The Morgan fingerprint density at radius 3 is 2.55 bits per heavy atom. The number of carboxylic acid groups (broad SMARTS) is 1. The first kappa shape index (κ1) is 14.7. The second-order valence-electron chi connectivity index (χ2n) is 5.44. The second-order valence-corrected chi connectivity index (χ2v) is 6.29. The summed E-state index contributed by atoms with van der Waals surface area (Å²) in [6, 6.07) is 4.08. The fraction of sp³-hybridized carbons (Fsp3) is 0.286. The minimum absolute atomic E-state index is 0.0900.